The van der Waals surface area contributed by atoms with Crippen LogP contribution >= 0.6 is 0 Å². The lowest BCUT2D eigenvalue weighted by molar-refractivity contribution is 0.102. The molecule has 5 aromatic rings. The van der Waals surface area contributed by atoms with Crippen LogP contribution in [0, 0.1) is 6.92 Å². The fourth-order valence-electron chi connectivity index (χ4n) is 3.65. The number of carbonyl (C=O) groups excluding carboxylic acids is 1. The molecule has 0 fully saturated rings. The number of nitrogens with one attached hydrogen (secondary N) is 2. The van der Waals surface area contributed by atoms with Gasteiger partial charge in [-0.1, -0.05) is 18.2 Å². The van der Waals surface area contributed by atoms with Gasteiger partial charge in [0.05, 0.1) is 5.52 Å². The second-order valence-electron chi connectivity index (χ2n) is 7.80. The highest BCUT2D eigenvalue weighted by Gasteiger charge is 2.08. The van der Waals surface area contributed by atoms with Crippen LogP contribution in [0.4, 0.5) is 17.1 Å². The van der Waals surface area contributed by atoms with Crippen molar-refractivity contribution in [2.45, 2.75) is 6.92 Å². The van der Waals surface area contributed by atoms with Crippen molar-refractivity contribution in [3.63, 3.8) is 0 Å². The fourth-order valence-corrected chi connectivity index (χ4v) is 3.65. The van der Waals surface area contributed by atoms with Gasteiger partial charge in [0, 0.05) is 46.6 Å². The van der Waals surface area contributed by atoms with E-state index in [1.807, 2.05) is 55.5 Å². The summed E-state index contributed by atoms with van der Waals surface area (Å²) in [6, 6.07) is 26.3. The molecule has 34 heavy (non-hydrogen) atoms. The quantitative estimate of drug-likeness (QED) is 0.303. The number of aryl methyl sites for hydroxylation is 1. The molecule has 166 valence electrons. The van der Waals surface area contributed by atoms with Crippen LogP contribution in [-0.4, -0.2) is 15.9 Å². The van der Waals surface area contributed by atoms with Gasteiger partial charge in [0.25, 0.3) is 5.91 Å². The summed E-state index contributed by atoms with van der Waals surface area (Å²) < 4.78 is 5.75. The van der Waals surface area contributed by atoms with E-state index in [-0.39, 0.29) is 5.91 Å². The zero-order chi connectivity index (χ0) is 23.3. The number of fused-ring (bicyclic) bond motifs is 1. The van der Waals surface area contributed by atoms with Crippen LogP contribution in [-0.2, 0) is 0 Å². The lowest BCUT2D eigenvalue weighted by atomic mass is 10.1. The zero-order valence-electron chi connectivity index (χ0n) is 18.5. The maximum atomic E-state index is 12.7. The minimum absolute atomic E-state index is 0.181. The summed E-state index contributed by atoms with van der Waals surface area (Å²) in [5.41, 5.74) is 5.22. The number of hydrogen-bond acceptors (Lipinski definition) is 5. The molecule has 6 nitrogen and oxygen atoms in total. The van der Waals surface area contributed by atoms with Crippen molar-refractivity contribution in [3.05, 3.63) is 115 Å². The number of anilines is 3. The first-order valence-electron chi connectivity index (χ1n) is 10.9. The number of pyridine rings is 2. The van der Waals surface area contributed by atoms with Gasteiger partial charge in [-0.25, -0.2) is 0 Å². The van der Waals surface area contributed by atoms with Crippen molar-refractivity contribution < 1.29 is 9.53 Å². The Labute approximate surface area is 197 Å². The van der Waals surface area contributed by atoms with Gasteiger partial charge in [-0.2, -0.15) is 0 Å². The van der Waals surface area contributed by atoms with Crippen molar-refractivity contribution >= 4 is 33.9 Å². The Hall–Kier alpha value is -4.71. The highest BCUT2D eigenvalue weighted by atomic mass is 16.5. The van der Waals surface area contributed by atoms with E-state index < -0.39 is 0 Å². The fraction of sp³-hybridized carbons (Fsp3) is 0.0357. The number of benzene rings is 3. The van der Waals surface area contributed by atoms with E-state index >= 15 is 0 Å². The summed E-state index contributed by atoms with van der Waals surface area (Å²) in [6.07, 6.45) is 5.14. The molecule has 0 aliphatic heterocycles. The minimum atomic E-state index is -0.181. The molecule has 0 bridgehead atoms. The van der Waals surface area contributed by atoms with Crippen LogP contribution in [0.25, 0.3) is 10.9 Å². The number of carbonyl (C=O) groups is 1. The lowest BCUT2D eigenvalue weighted by Crippen LogP contribution is -2.11. The summed E-state index contributed by atoms with van der Waals surface area (Å²) >= 11 is 0. The first-order valence-corrected chi connectivity index (χ1v) is 10.9. The van der Waals surface area contributed by atoms with Gasteiger partial charge in [-0.15, -0.1) is 0 Å². The van der Waals surface area contributed by atoms with E-state index in [1.54, 1.807) is 55.0 Å². The molecule has 6 heteroatoms. The van der Waals surface area contributed by atoms with Crippen molar-refractivity contribution in [1.29, 1.82) is 0 Å². The predicted octanol–water partition coefficient (Wildman–Crippen LogP) is 6.73. The molecule has 0 spiro atoms. The predicted molar refractivity (Wildman–Crippen MR) is 135 cm³/mol. The maximum Gasteiger partial charge on any atom is 0.255 e. The topological polar surface area (TPSA) is 76.1 Å². The average molecular weight is 447 g/mol. The van der Waals surface area contributed by atoms with E-state index in [2.05, 4.69) is 20.6 Å². The summed E-state index contributed by atoms with van der Waals surface area (Å²) in [4.78, 5) is 21.1. The molecule has 1 amide bonds. The molecule has 0 saturated carbocycles. The highest BCUT2D eigenvalue weighted by molar-refractivity contribution is 6.04. The molecule has 0 atom stereocenters. The Kier molecular flexibility index (Phi) is 5.86. The van der Waals surface area contributed by atoms with Crippen molar-refractivity contribution in [2.75, 3.05) is 10.6 Å². The molecule has 0 aliphatic carbocycles. The van der Waals surface area contributed by atoms with Crippen LogP contribution in [0.1, 0.15) is 15.9 Å². The Morgan fingerprint density at radius 2 is 1.47 bits per heavy atom. The Balaban J connectivity index is 1.24. The summed E-state index contributed by atoms with van der Waals surface area (Å²) in [6.45, 7) is 2.05. The monoisotopic (exact) mass is 446 g/mol. The maximum absolute atomic E-state index is 12.7. The van der Waals surface area contributed by atoms with Gasteiger partial charge in [-0.05, 0) is 79.2 Å². The zero-order valence-corrected chi connectivity index (χ0v) is 18.5. The van der Waals surface area contributed by atoms with Gasteiger partial charge in [0.15, 0.2) is 0 Å². The van der Waals surface area contributed by atoms with E-state index in [9.17, 15) is 4.79 Å². The van der Waals surface area contributed by atoms with Crippen LogP contribution in [0.5, 0.6) is 11.5 Å². The van der Waals surface area contributed by atoms with Gasteiger partial charge < -0.3 is 15.4 Å². The third-order valence-electron chi connectivity index (χ3n) is 5.40. The first kappa shape index (κ1) is 21.2. The van der Waals surface area contributed by atoms with Crippen LogP contribution in [0.3, 0.4) is 0 Å². The van der Waals surface area contributed by atoms with E-state index in [0.29, 0.717) is 22.7 Å². The van der Waals surface area contributed by atoms with Gasteiger partial charge in [0.2, 0.25) is 0 Å². The standard InChI is InChI=1S/C28H22N4O2/c1-19-3-2-4-25-26(15-18-30-27(19)25)31-21-7-5-20(6-8-21)28(33)32-22-9-11-23(12-10-22)34-24-13-16-29-17-14-24/h2-18H,1H3,(H,30,31)(H,32,33). The lowest BCUT2D eigenvalue weighted by Gasteiger charge is -2.11. The third kappa shape index (κ3) is 4.71. The second-order valence-corrected chi connectivity index (χ2v) is 7.80. The van der Waals surface area contributed by atoms with E-state index in [1.165, 1.54) is 0 Å². The normalized spacial score (nSPS) is 10.6. The molecule has 0 aliphatic rings. The van der Waals surface area contributed by atoms with Gasteiger partial charge >= 0.3 is 0 Å². The first-order chi connectivity index (χ1) is 16.7. The second kappa shape index (κ2) is 9.42. The largest absolute Gasteiger partial charge is 0.457 e. The average Bonchev–Trinajstić information content (AvgIpc) is 2.87. The Morgan fingerprint density at radius 3 is 2.24 bits per heavy atom. The minimum Gasteiger partial charge on any atom is -0.457 e. The molecule has 0 unspecified atom stereocenters. The van der Waals surface area contributed by atoms with Crippen molar-refractivity contribution in [1.82, 2.24) is 9.97 Å². The van der Waals surface area contributed by atoms with E-state index in [0.717, 1.165) is 27.8 Å². The number of nitrogens with zero attached hydrogens (tertiary/aromatic N) is 2. The Morgan fingerprint density at radius 1 is 0.765 bits per heavy atom. The summed E-state index contributed by atoms with van der Waals surface area (Å²) in [5.74, 6) is 1.20. The number of ether oxygens (including phenoxy) is 1. The third-order valence-corrected chi connectivity index (χ3v) is 5.40. The number of hydrogen-bond donors (Lipinski definition) is 2. The summed E-state index contributed by atoms with van der Waals surface area (Å²) in [7, 11) is 0. The summed E-state index contributed by atoms with van der Waals surface area (Å²) in [5, 5.41) is 7.40. The number of rotatable bonds is 6. The molecule has 0 saturated heterocycles. The van der Waals surface area contributed by atoms with Crippen molar-refractivity contribution in [3.8, 4) is 11.5 Å². The molecule has 2 heterocycles. The number of para-hydroxylation sites is 1. The van der Waals surface area contributed by atoms with Crippen molar-refractivity contribution in [2.24, 2.45) is 0 Å². The number of aromatic nitrogens is 2. The smallest absolute Gasteiger partial charge is 0.255 e. The van der Waals surface area contributed by atoms with Crippen LogP contribution in [0.2, 0.25) is 0 Å². The number of amides is 1. The molecule has 3 aromatic carbocycles. The van der Waals surface area contributed by atoms with E-state index in [4.69, 9.17) is 4.74 Å². The SMILES string of the molecule is Cc1cccc2c(Nc3ccc(C(=O)Nc4ccc(Oc5ccncc5)cc4)cc3)ccnc12. The molecular formula is C28H22N4O2. The molecular weight excluding hydrogens is 424 g/mol. The van der Waals surface area contributed by atoms with Gasteiger partial charge in [0.1, 0.15) is 11.5 Å². The highest BCUT2D eigenvalue weighted by Crippen LogP contribution is 2.27. The molecule has 5 rings (SSSR count). The molecule has 2 aromatic heterocycles. The molecule has 2 N–H and O–H groups in total. The Bertz CT molecular complexity index is 1430. The molecule has 0 radical (unpaired) electrons. The van der Waals surface area contributed by atoms with Crippen LogP contribution < -0.4 is 15.4 Å². The van der Waals surface area contributed by atoms with Gasteiger partial charge in [-0.3, -0.25) is 14.8 Å². The van der Waals surface area contributed by atoms with Crippen LogP contribution in [0.15, 0.2) is 104 Å².